The molecule has 0 aliphatic heterocycles. The molecule has 1 heterocycles. The second-order valence-electron chi connectivity index (χ2n) is 3.70. The molecule has 3 nitrogen and oxygen atoms in total. The van der Waals surface area contributed by atoms with E-state index in [-0.39, 0.29) is 21.4 Å². The number of nitrogens with one attached hydrogen (secondary N) is 1. The zero-order valence-electron chi connectivity index (χ0n) is 9.55. The first-order valence-electron chi connectivity index (χ1n) is 5.15. The number of hydrogen-bond donors (Lipinski definition) is 1. The predicted molar refractivity (Wildman–Crippen MR) is 68.5 cm³/mol. The van der Waals surface area contributed by atoms with E-state index in [0.717, 1.165) is 6.20 Å². The van der Waals surface area contributed by atoms with E-state index in [9.17, 15) is 18.0 Å². The van der Waals surface area contributed by atoms with Gasteiger partial charge >= 0.3 is 0 Å². The fraction of sp³-hybridized carbons (Fsp3) is 0. The zero-order valence-corrected chi connectivity index (χ0v) is 11.1. The summed E-state index contributed by atoms with van der Waals surface area (Å²) in [5.41, 5.74) is -0.206. The Kier molecular flexibility index (Phi) is 4.15. The average Bonchev–Trinajstić information content (AvgIpc) is 2.39. The molecule has 1 N–H and O–H groups in total. The maximum absolute atomic E-state index is 13.0. The molecule has 2 aromatic rings. The lowest BCUT2D eigenvalue weighted by Crippen LogP contribution is -2.13. The lowest BCUT2D eigenvalue weighted by molar-refractivity contribution is 0.102. The van der Waals surface area contributed by atoms with Crippen LogP contribution in [0.5, 0.6) is 0 Å². The summed E-state index contributed by atoms with van der Waals surface area (Å²) in [6.07, 6.45) is 1.14. The van der Waals surface area contributed by atoms with Gasteiger partial charge in [0.2, 0.25) is 0 Å². The minimum Gasteiger partial charge on any atom is -0.322 e. The highest BCUT2D eigenvalue weighted by atomic mass is 35.5. The number of amides is 1. The topological polar surface area (TPSA) is 42.0 Å². The van der Waals surface area contributed by atoms with Crippen LogP contribution in [0.2, 0.25) is 10.2 Å². The summed E-state index contributed by atoms with van der Waals surface area (Å²) in [6, 6.07) is 2.55. The van der Waals surface area contributed by atoms with Crippen LogP contribution in [0, 0.1) is 17.5 Å². The molecule has 0 unspecified atom stereocenters. The van der Waals surface area contributed by atoms with Gasteiger partial charge in [-0.25, -0.2) is 18.2 Å². The van der Waals surface area contributed by atoms with E-state index >= 15 is 0 Å². The Bertz CT molecular complexity index is 671. The number of hydrogen-bond acceptors (Lipinski definition) is 2. The summed E-state index contributed by atoms with van der Waals surface area (Å²) < 4.78 is 38.7. The van der Waals surface area contributed by atoms with Crippen molar-refractivity contribution in [2.45, 2.75) is 0 Å². The molecule has 0 aliphatic carbocycles. The number of rotatable bonds is 2. The van der Waals surface area contributed by atoms with E-state index in [0.29, 0.717) is 12.1 Å². The van der Waals surface area contributed by atoms with Crippen LogP contribution in [0.1, 0.15) is 10.4 Å². The molecule has 0 saturated heterocycles. The third kappa shape index (κ3) is 3.02. The lowest BCUT2D eigenvalue weighted by Gasteiger charge is -2.06. The van der Waals surface area contributed by atoms with E-state index in [1.165, 1.54) is 6.07 Å². The van der Waals surface area contributed by atoms with Crippen LogP contribution < -0.4 is 5.32 Å². The molecule has 104 valence electrons. The van der Waals surface area contributed by atoms with Crippen LogP contribution in [0.3, 0.4) is 0 Å². The second kappa shape index (κ2) is 5.68. The molecule has 0 aliphatic rings. The minimum atomic E-state index is -1.61. The van der Waals surface area contributed by atoms with Gasteiger partial charge in [0.05, 0.1) is 10.6 Å². The van der Waals surface area contributed by atoms with Crippen molar-refractivity contribution in [3.63, 3.8) is 0 Å². The van der Waals surface area contributed by atoms with Gasteiger partial charge in [-0.3, -0.25) is 4.79 Å². The summed E-state index contributed by atoms with van der Waals surface area (Å²) in [5, 5.41) is 2.25. The Hall–Kier alpha value is -1.79. The van der Waals surface area contributed by atoms with Crippen LogP contribution in [-0.4, -0.2) is 10.9 Å². The predicted octanol–water partition coefficient (Wildman–Crippen LogP) is 4.06. The number of aromatic nitrogens is 1. The van der Waals surface area contributed by atoms with E-state index < -0.39 is 23.4 Å². The minimum absolute atomic E-state index is 0.0158. The van der Waals surface area contributed by atoms with Gasteiger partial charge in [-0.15, -0.1) is 0 Å². The third-order valence-electron chi connectivity index (χ3n) is 2.30. The number of carbonyl (C=O) groups is 1. The monoisotopic (exact) mass is 320 g/mol. The molecule has 0 saturated carbocycles. The Morgan fingerprint density at radius 1 is 1.10 bits per heavy atom. The highest BCUT2D eigenvalue weighted by molar-refractivity contribution is 6.41. The molecule has 0 fully saturated rings. The number of nitrogens with zero attached hydrogens (tertiary/aromatic N) is 1. The number of benzene rings is 1. The molecular formula is C12H5Cl2F3N2O. The van der Waals surface area contributed by atoms with Crippen molar-refractivity contribution in [3.8, 4) is 0 Å². The summed E-state index contributed by atoms with van der Waals surface area (Å²) in [7, 11) is 0. The van der Waals surface area contributed by atoms with Gasteiger partial charge in [0.25, 0.3) is 5.91 Å². The van der Waals surface area contributed by atoms with Gasteiger partial charge in [0.1, 0.15) is 5.15 Å². The first-order chi connectivity index (χ1) is 9.38. The fourth-order valence-corrected chi connectivity index (χ4v) is 1.65. The fourth-order valence-electron chi connectivity index (χ4n) is 1.38. The van der Waals surface area contributed by atoms with E-state index in [4.69, 9.17) is 23.2 Å². The zero-order chi connectivity index (χ0) is 14.9. The summed E-state index contributed by atoms with van der Waals surface area (Å²) in [6.45, 7) is 0. The Balaban J connectivity index is 2.25. The average molecular weight is 321 g/mol. The van der Waals surface area contributed by atoms with Crippen molar-refractivity contribution in [1.29, 1.82) is 0 Å². The molecule has 0 bridgehead atoms. The van der Waals surface area contributed by atoms with Gasteiger partial charge in [-0.1, -0.05) is 23.2 Å². The van der Waals surface area contributed by atoms with Crippen molar-refractivity contribution in [2.75, 3.05) is 5.32 Å². The van der Waals surface area contributed by atoms with Crippen molar-refractivity contribution in [1.82, 2.24) is 4.98 Å². The van der Waals surface area contributed by atoms with Gasteiger partial charge in [-0.05, 0) is 6.07 Å². The molecule has 0 atom stereocenters. The van der Waals surface area contributed by atoms with E-state index in [1.54, 1.807) is 0 Å². The summed E-state index contributed by atoms with van der Waals surface area (Å²) in [4.78, 5) is 15.4. The maximum Gasteiger partial charge on any atom is 0.257 e. The van der Waals surface area contributed by atoms with Crippen molar-refractivity contribution in [3.05, 3.63) is 57.6 Å². The van der Waals surface area contributed by atoms with Crippen LogP contribution >= 0.6 is 23.2 Å². The highest BCUT2D eigenvalue weighted by Crippen LogP contribution is 2.21. The molecule has 0 radical (unpaired) electrons. The highest BCUT2D eigenvalue weighted by Gasteiger charge is 2.14. The van der Waals surface area contributed by atoms with Gasteiger partial charge in [-0.2, -0.15) is 0 Å². The van der Waals surface area contributed by atoms with Crippen molar-refractivity contribution >= 4 is 34.8 Å². The Morgan fingerprint density at radius 2 is 1.70 bits per heavy atom. The van der Waals surface area contributed by atoms with E-state index in [1.807, 2.05) is 0 Å². The van der Waals surface area contributed by atoms with Gasteiger partial charge in [0, 0.05) is 24.0 Å². The maximum atomic E-state index is 13.0. The molecule has 0 spiro atoms. The first-order valence-corrected chi connectivity index (χ1v) is 5.91. The molecule has 20 heavy (non-hydrogen) atoms. The van der Waals surface area contributed by atoms with Crippen LogP contribution in [0.15, 0.2) is 24.4 Å². The number of pyridine rings is 1. The molecule has 1 aromatic carbocycles. The third-order valence-corrected chi connectivity index (χ3v) is 2.99. The number of carbonyl (C=O) groups excluding carboxylic acids is 1. The van der Waals surface area contributed by atoms with Gasteiger partial charge < -0.3 is 5.32 Å². The summed E-state index contributed by atoms with van der Waals surface area (Å²) in [5.74, 6) is -5.15. The Labute approximate surface area is 121 Å². The van der Waals surface area contributed by atoms with Crippen molar-refractivity contribution < 1.29 is 18.0 Å². The van der Waals surface area contributed by atoms with Crippen LogP contribution in [-0.2, 0) is 0 Å². The van der Waals surface area contributed by atoms with Crippen LogP contribution in [0.4, 0.5) is 18.9 Å². The molecular weight excluding hydrogens is 316 g/mol. The van der Waals surface area contributed by atoms with E-state index in [2.05, 4.69) is 10.3 Å². The lowest BCUT2D eigenvalue weighted by atomic mass is 10.2. The Morgan fingerprint density at radius 3 is 2.25 bits per heavy atom. The quantitative estimate of drug-likeness (QED) is 0.669. The normalized spacial score (nSPS) is 10.4. The second-order valence-corrected chi connectivity index (χ2v) is 4.47. The van der Waals surface area contributed by atoms with Gasteiger partial charge in [0.15, 0.2) is 17.5 Å². The number of anilines is 1. The molecule has 8 heteroatoms. The standard InChI is InChI=1S/C12H5Cl2F3N2O/c13-7-1-5(4-18-11(7)14)12(20)19-6-2-8(15)10(17)9(16)3-6/h1-4H,(H,19,20). The molecule has 1 aromatic heterocycles. The molecule has 1 amide bonds. The largest absolute Gasteiger partial charge is 0.322 e. The first kappa shape index (κ1) is 14.6. The number of halogens is 5. The SMILES string of the molecule is O=C(Nc1cc(F)c(F)c(F)c1)c1cnc(Cl)c(Cl)c1. The van der Waals surface area contributed by atoms with Crippen molar-refractivity contribution in [2.24, 2.45) is 0 Å². The smallest absolute Gasteiger partial charge is 0.257 e. The molecule has 2 rings (SSSR count). The van der Waals surface area contributed by atoms with Crippen LogP contribution in [0.25, 0.3) is 0 Å². The summed E-state index contributed by atoms with van der Waals surface area (Å²) >= 11 is 11.3.